The minimum Gasteiger partial charge on any atom is -0.507 e. The number of aromatic nitrogens is 3. The maximum atomic E-state index is 10.2. The Hall–Kier alpha value is -3.15. The van der Waals surface area contributed by atoms with Gasteiger partial charge in [-0.25, -0.2) is 4.98 Å². The van der Waals surface area contributed by atoms with Gasteiger partial charge in [0, 0.05) is 6.04 Å². The molecule has 0 aliphatic heterocycles. The van der Waals surface area contributed by atoms with Gasteiger partial charge < -0.3 is 15.5 Å². The first-order chi connectivity index (χ1) is 13.2. The summed E-state index contributed by atoms with van der Waals surface area (Å²) >= 11 is 0. The zero-order valence-electron chi connectivity index (χ0n) is 15.0. The monoisotopic (exact) mass is 362 g/mol. The van der Waals surface area contributed by atoms with Crippen LogP contribution in [0.4, 0.5) is 5.95 Å². The summed E-state index contributed by atoms with van der Waals surface area (Å²) < 4.78 is 0. The number of benzene rings is 2. The summed E-state index contributed by atoms with van der Waals surface area (Å²) in [7, 11) is 0. The van der Waals surface area contributed by atoms with Crippen LogP contribution in [0.1, 0.15) is 32.1 Å². The van der Waals surface area contributed by atoms with E-state index in [4.69, 9.17) is 0 Å². The molecule has 3 N–H and O–H groups in total. The molecule has 1 heterocycles. The van der Waals surface area contributed by atoms with Crippen LogP contribution in [0.5, 0.6) is 11.5 Å². The summed E-state index contributed by atoms with van der Waals surface area (Å²) in [4.78, 5) is 13.6. The quantitative estimate of drug-likeness (QED) is 0.639. The molecule has 0 unspecified atom stereocenters. The lowest BCUT2D eigenvalue weighted by atomic mass is 9.96. The van der Waals surface area contributed by atoms with Crippen molar-refractivity contribution in [2.75, 3.05) is 5.32 Å². The highest BCUT2D eigenvalue weighted by atomic mass is 16.3. The average Bonchev–Trinajstić information content (AvgIpc) is 2.69. The molecule has 0 amide bonds. The van der Waals surface area contributed by atoms with Crippen molar-refractivity contribution < 1.29 is 10.2 Å². The molecule has 1 aliphatic carbocycles. The van der Waals surface area contributed by atoms with Gasteiger partial charge in [-0.3, -0.25) is 0 Å². The molecule has 6 nitrogen and oxygen atoms in total. The van der Waals surface area contributed by atoms with Crippen LogP contribution in [-0.4, -0.2) is 31.2 Å². The van der Waals surface area contributed by atoms with Crippen LogP contribution in [0.15, 0.2) is 48.5 Å². The number of hydrogen-bond donors (Lipinski definition) is 3. The van der Waals surface area contributed by atoms with E-state index >= 15 is 0 Å². The number of aromatic hydroxyl groups is 2. The molecule has 2 aromatic carbocycles. The number of rotatable bonds is 4. The first-order valence-corrected chi connectivity index (χ1v) is 9.30. The van der Waals surface area contributed by atoms with Gasteiger partial charge in [0.2, 0.25) is 5.95 Å². The van der Waals surface area contributed by atoms with E-state index in [1.165, 1.54) is 19.3 Å². The number of phenolic OH excluding ortho intramolecular Hbond substituents is 2. The maximum Gasteiger partial charge on any atom is 0.227 e. The first kappa shape index (κ1) is 17.3. The molecule has 138 valence electrons. The highest BCUT2D eigenvalue weighted by Crippen LogP contribution is 2.31. The van der Waals surface area contributed by atoms with Crippen LogP contribution in [0, 0.1) is 0 Å². The number of hydrogen-bond acceptors (Lipinski definition) is 6. The van der Waals surface area contributed by atoms with Gasteiger partial charge >= 0.3 is 0 Å². The SMILES string of the molecule is Oc1ccccc1-c1nc(NC2CCCCC2)nc(-c2ccccc2O)n1. The van der Waals surface area contributed by atoms with Gasteiger partial charge in [0.15, 0.2) is 11.6 Å². The van der Waals surface area contributed by atoms with Crippen molar-refractivity contribution in [2.24, 2.45) is 0 Å². The molecule has 0 saturated heterocycles. The molecular formula is C21H22N4O2. The minimum absolute atomic E-state index is 0.107. The third-order valence-electron chi connectivity index (χ3n) is 4.86. The molecule has 27 heavy (non-hydrogen) atoms. The lowest BCUT2D eigenvalue weighted by molar-refractivity contribution is 0.460. The minimum atomic E-state index is 0.107. The van der Waals surface area contributed by atoms with Gasteiger partial charge in [0.1, 0.15) is 11.5 Å². The predicted octanol–water partition coefficient (Wildman–Crippen LogP) is 4.36. The molecule has 3 aromatic rings. The van der Waals surface area contributed by atoms with Gasteiger partial charge in [-0.05, 0) is 37.1 Å². The predicted molar refractivity (Wildman–Crippen MR) is 105 cm³/mol. The summed E-state index contributed by atoms with van der Waals surface area (Å²) in [5, 5.41) is 23.9. The number of phenols is 2. The number of para-hydroxylation sites is 2. The Balaban J connectivity index is 1.78. The second-order valence-electron chi connectivity index (χ2n) is 6.82. The first-order valence-electron chi connectivity index (χ1n) is 9.30. The topological polar surface area (TPSA) is 91.2 Å². The van der Waals surface area contributed by atoms with E-state index in [1.807, 2.05) is 12.1 Å². The molecule has 1 aliphatic rings. The summed E-state index contributed by atoms with van der Waals surface area (Å²) in [5.41, 5.74) is 1.06. The van der Waals surface area contributed by atoms with Crippen molar-refractivity contribution in [3.05, 3.63) is 48.5 Å². The standard InChI is InChI=1S/C21H22N4O2/c26-17-12-6-4-10-15(17)19-23-20(16-11-5-7-13-18(16)27)25-21(24-19)22-14-8-2-1-3-9-14/h4-7,10-14,26-27H,1-3,8-9H2,(H,22,23,24,25). The Morgan fingerprint density at radius 3 is 1.74 bits per heavy atom. The Morgan fingerprint density at radius 1 is 0.704 bits per heavy atom. The van der Waals surface area contributed by atoms with Crippen molar-refractivity contribution in [2.45, 2.75) is 38.1 Å². The molecule has 0 radical (unpaired) electrons. The van der Waals surface area contributed by atoms with Gasteiger partial charge in [0.25, 0.3) is 0 Å². The average molecular weight is 362 g/mol. The Kier molecular flexibility index (Phi) is 4.87. The van der Waals surface area contributed by atoms with Crippen LogP contribution in [0.3, 0.4) is 0 Å². The fourth-order valence-corrected chi connectivity index (χ4v) is 3.44. The molecule has 0 atom stereocenters. The van der Waals surface area contributed by atoms with E-state index < -0.39 is 0 Å². The third-order valence-corrected chi connectivity index (χ3v) is 4.86. The maximum absolute atomic E-state index is 10.2. The molecule has 0 spiro atoms. The highest BCUT2D eigenvalue weighted by molar-refractivity contribution is 5.69. The smallest absolute Gasteiger partial charge is 0.227 e. The highest BCUT2D eigenvalue weighted by Gasteiger charge is 2.18. The van der Waals surface area contributed by atoms with Crippen LogP contribution >= 0.6 is 0 Å². The normalized spacial score (nSPS) is 14.8. The summed E-state index contributed by atoms with van der Waals surface area (Å²) in [5.74, 6) is 1.43. The second kappa shape index (κ2) is 7.61. The van der Waals surface area contributed by atoms with Crippen LogP contribution in [0.2, 0.25) is 0 Å². The zero-order chi connectivity index (χ0) is 18.6. The van der Waals surface area contributed by atoms with Gasteiger partial charge in [0.05, 0.1) is 11.1 Å². The summed E-state index contributed by atoms with van der Waals surface area (Å²) in [6.07, 6.45) is 5.83. The van der Waals surface area contributed by atoms with Crippen molar-refractivity contribution in [3.63, 3.8) is 0 Å². The van der Waals surface area contributed by atoms with E-state index in [2.05, 4.69) is 20.3 Å². The third kappa shape index (κ3) is 3.84. The van der Waals surface area contributed by atoms with E-state index in [0.717, 1.165) is 12.8 Å². The Bertz CT molecular complexity index is 875. The van der Waals surface area contributed by atoms with Gasteiger partial charge in [-0.15, -0.1) is 0 Å². The fourth-order valence-electron chi connectivity index (χ4n) is 3.44. The molecule has 1 aromatic heterocycles. The molecule has 1 saturated carbocycles. The molecule has 0 bridgehead atoms. The number of nitrogens with zero attached hydrogens (tertiary/aromatic N) is 3. The van der Waals surface area contributed by atoms with Crippen LogP contribution in [0.25, 0.3) is 22.8 Å². The Morgan fingerprint density at radius 2 is 1.22 bits per heavy atom. The second-order valence-corrected chi connectivity index (χ2v) is 6.82. The van der Waals surface area contributed by atoms with Crippen molar-refractivity contribution in [1.29, 1.82) is 0 Å². The number of nitrogens with one attached hydrogen (secondary N) is 1. The van der Waals surface area contributed by atoms with E-state index in [1.54, 1.807) is 36.4 Å². The Labute approximate surface area is 158 Å². The summed E-state index contributed by atoms with van der Waals surface area (Å²) in [6.45, 7) is 0. The van der Waals surface area contributed by atoms with Gasteiger partial charge in [-0.1, -0.05) is 43.5 Å². The van der Waals surface area contributed by atoms with E-state index in [-0.39, 0.29) is 11.5 Å². The van der Waals surface area contributed by atoms with Crippen molar-refractivity contribution in [1.82, 2.24) is 15.0 Å². The van der Waals surface area contributed by atoms with Crippen molar-refractivity contribution in [3.8, 4) is 34.3 Å². The molecule has 4 rings (SSSR count). The molecule has 1 fully saturated rings. The van der Waals surface area contributed by atoms with Gasteiger partial charge in [-0.2, -0.15) is 9.97 Å². The van der Waals surface area contributed by atoms with Crippen LogP contribution in [-0.2, 0) is 0 Å². The van der Waals surface area contributed by atoms with Crippen molar-refractivity contribution >= 4 is 5.95 Å². The largest absolute Gasteiger partial charge is 0.507 e. The number of anilines is 1. The lowest BCUT2D eigenvalue weighted by Gasteiger charge is -2.23. The fraction of sp³-hybridized carbons (Fsp3) is 0.286. The summed E-state index contributed by atoms with van der Waals surface area (Å²) in [6, 6.07) is 14.2. The van der Waals surface area contributed by atoms with E-state index in [9.17, 15) is 10.2 Å². The zero-order valence-corrected chi connectivity index (χ0v) is 15.0. The van der Waals surface area contributed by atoms with Crippen LogP contribution < -0.4 is 5.32 Å². The van der Waals surface area contributed by atoms with E-state index in [0.29, 0.717) is 34.8 Å². The molecular weight excluding hydrogens is 340 g/mol. The lowest BCUT2D eigenvalue weighted by Crippen LogP contribution is -2.24. The molecule has 6 heteroatoms.